The predicted octanol–water partition coefficient (Wildman–Crippen LogP) is 4.49. The molecule has 0 heterocycles. The first kappa shape index (κ1) is 14.1. The first-order chi connectivity index (χ1) is 10.1. The van der Waals surface area contributed by atoms with E-state index in [1.807, 2.05) is 38.1 Å². The zero-order valence-corrected chi connectivity index (χ0v) is 12.4. The second-order valence-corrected chi connectivity index (χ2v) is 5.74. The Bertz CT molecular complexity index is 629. The standard InChI is InChI=1S/C18H20FNO/c1-12-4-3-5-13(2)18(12)21-17-9-6-14(10-16(17)19)11-20-15-7-8-15/h3-6,9-10,15,20H,7-8,11H2,1-2H3. The van der Waals surface area contributed by atoms with E-state index in [-0.39, 0.29) is 11.6 Å². The maximum Gasteiger partial charge on any atom is 0.166 e. The smallest absolute Gasteiger partial charge is 0.166 e. The Hall–Kier alpha value is -1.87. The molecule has 0 spiro atoms. The lowest BCUT2D eigenvalue weighted by molar-refractivity contribution is 0.436. The van der Waals surface area contributed by atoms with Gasteiger partial charge in [0.2, 0.25) is 0 Å². The van der Waals surface area contributed by atoms with Crippen molar-refractivity contribution in [3.8, 4) is 11.5 Å². The molecule has 110 valence electrons. The van der Waals surface area contributed by atoms with Crippen LogP contribution < -0.4 is 10.1 Å². The minimum absolute atomic E-state index is 0.280. The number of aryl methyl sites for hydroxylation is 2. The molecule has 2 nitrogen and oxygen atoms in total. The van der Waals surface area contributed by atoms with E-state index in [1.165, 1.54) is 12.8 Å². The lowest BCUT2D eigenvalue weighted by atomic mass is 10.1. The molecule has 2 aromatic rings. The second-order valence-electron chi connectivity index (χ2n) is 5.74. The number of ether oxygens (including phenoxy) is 1. The maximum atomic E-state index is 14.2. The molecule has 1 saturated carbocycles. The first-order valence-electron chi connectivity index (χ1n) is 7.39. The van der Waals surface area contributed by atoms with Crippen LogP contribution in [0.15, 0.2) is 36.4 Å². The highest BCUT2D eigenvalue weighted by atomic mass is 19.1. The number of nitrogens with one attached hydrogen (secondary N) is 1. The highest BCUT2D eigenvalue weighted by Gasteiger charge is 2.20. The molecule has 1 aliphatic carbocycles. The van der Waals surface area contributed by atoms with Crippen LogP contribution in [0.4, 0.5) is 4.39 Å². The fourth-order valence-electron chi connectivity index (χ4n) is 2.36. The molecule has 0 saturated heterocycles. The summed E-state index contributed by atoms with van der Waals surface area (Å²) < 4.78 is 20.0. The highest BCUT2D eigenvalue weighted by molar-refractivity contribution is 5.43. The van der Waals surface area contributed by atoms with Gasteiger partial charge in [0.15, 0.2) is 11.6 Å². The van der Waals surface area contributed by atoms with Gasteiger partial charge in [0.1, 0.15) is 5.75 Å². The van der Waals surface area contributed by atoms with Crippen LogP contribution >= 0.6 is 0 Å². The van der Waals surface area contributed by atoms with Crippen LogP contribution in [-0.4, -0.2) is 6.04 Å². The van der Waals surface area contributed by atoms with E-state index < -0.39 is 0 Å². The zero-order valence-electron chi connectivity index (χ0n) is 12.4. The van der Waals surface area contributed by atoms with Crippen molar-refractivity contribution in [3.05, 3.63) is 58.9 Å². The summed E-state index contributed by atoms with van der Waals surface area (Å²) in [6, 6.07) is 11.7. The predicted molar refractivity (Wildman–Crippen MR) is 82.3 cm³/mol. The average molecular weight is 285 g/mol. The van der Waals surface area contributed by atoms with Gasteiger partial charge in [-0.15, -0.1) is 0 Å². The molecular formula is C18H20FNO. The third kappa shape index (κ3) is 3.42. The SMILES string of the molecule is Cc1cccc(C)c1Oc1ccc(CNC2CC2)cc1F. The Balaban J connectivity index is 1.75. The van der Waals surface area contributed by atoms with Gasteiger partial charge in [-0.25, -0.2) is 4.39 Å². The number of halogens is 1. The monoisotopic (exact) mass is 285 g/mol. The van der Waals surface area contributed by atoms with Gasteiger partial charge in [-0.2, -0.15) is 0 Å². The lowest BCUT2D eigenvalue weighted by Gasteiger charge is -2.13. The number of para-hydroxylation sites is 1. The molecule has 0 unspecified atom stereocenters. The summed E-state index contributed by atoms with van der Waals surface area (Å²) in [7, 11) is 0. The summed E-state index contributed by atoms with van der Waals surface area (Å²) >= 11 is 0. The van der Waals surface area contributed by atoms with Crippen molar-refractivity contribution in [2.24, 2.45) is 0 Å². The van der Waals surface area contributed by atoms with Crippen molar-refractivity contribution in [1.29, 1.82) is 0 Å². The molecule has 0 bridgehead atoms. The highest BCUT2D eigenvalue weighted by Crippen LogP contribution is 2.30. The number of hydrogen-bond acceptors (Lipinski definition) is 2. The van der Waals surface area contributed by atoms with Gasteiger partial charge in [0.25, 0.3) is 0 Å². The van der Waals surface area contributed by atoms with E-state index in [9.17, 15) is 4.39 Å². The molecule has 21 heavy (non-hydrogen) atoms. The summed E-state index contributed by atoms with van der Waals surface area (Å²) in [6.07, 6.45) is 2.46. The Kier molecular flexibility index (Phi) is 3.93. The molecule has 0 radical (unpaired) electrons. The molecule has 0 aromatic heterocycles. The Morgan fingerprint density at radius 2 is 1.86 bits per heavy atom. The molecule has 1 aliphatic rings. The van der Waals surface area contributed by atoms with Crippen LogP contribution in [0.3, 0.4) is 0 Å². The van der Waals surface area contributed by atoms with Crippen LogP contribution in [0.25, 0.3) is 0 Å². The second kappa shape index (κ2) is 5.86. The van der Waals surface area contributed by atoms with Gasteiger partial charge >= 0.3 is 0 Å². The molecule has 0 atom stereocenters. The zero-order chi connectivity index (χ0) is 14.8. The molecular weight excluding hydrogens is 265 g/mol. The fraction of sp³-hybridized carbons (Fsp3) is 0.333. The van der Waals surface area contributed by atoms with Crippen LogP contribution in [0.2, 0.25) is 0 Å². The van der Waals surface area contributed by atoms with E-state index in [1.54, 1.807) is 12.1 Å². The minimum atomic E-state index is -0.312. The Labute approximate surface area is 125 Å². The third-order valence-corrected chi connectivity index (χ3v) is 3.79. The molecule has 3 heteroatoms. The van der Waals surface area contributed by atoms with Gasteiger partial charge in [0.05, 0.1) is 0 Å². The fourth-order valence-corrected chi connectivity index (χ4v) is 2.36. The molecule has 0 aliphatic heterocycles. The third-order valence-electron chi connectivity index (χ3n) is 3.79. The molecule has 0 amide bonds. The largest absolute Gasteiger partial charge is 0.454 e. The quantitative estimate of drug-likeness (QED) is 0.874. The van der Waals surface area contributed by atoms with Crippen molar-refractivity contribution < 1.29 is 9.13 Å². The lowest BCUT2D eigenvalue weighted by Crippen LogP contribution is -2.15. The maximum absolute atomic E-state index is 14.2. The average Bonchev–Trinajstić information content (AvgIpc) is 3.27. The Morgan fingerprint density at radius 1 is 1.14 bits per heavy atom. The van der Waals surface area contributed by atoms with Crippen LogP contribution in [0.5, 0.6) is 11.5 Å². The van der Waals surface area contributed by atoms with E-state index in [0.29, 0.717) is 12.6 Å². The Morgan fingerprint density at radius 3 is 2.48 bits per heavy atom. The van der Waals surface area contributed by atoms with Crippen molar-refractivity contribution in [1.82, 2.24) is 5.32 Å². The van der Waals surface area contributed by atoms with E-state index in [4.69, 9.17) is 4.74 Å². The summed E-state index contributed by atoms with van der Waals surface area (Å²) in [4.78, 5) is 0. The van der Waals surface area contributed by atoms with Crippen molar-refractivity contribution >= 4 is 0 Å². The van der Waals surface area contributed by atoms with Crippen LogP contribution in [0, 0.1) is 19.7 Å². The van der Waals surface area contributed by atoms with Gasteiger partial charge < -0.3 is 10.1 Å². The van der Waals surface area contributed by atoms with E-state index >= 15 is 0 Å². The van der Waals surface area contributed by atoms with Gasteiger partial charge in [-0.3, -0.25) is 0 Å². The van der Waals surface area contributed by atoms with Gasteiger partial charge in [-0.05, 0) is 55.5 Å². The summed E-state index contributed by atoms with van der Waals surface area (Å²) in [5, 5.41) is 3.38. The number of benzene rings is 2. The van der Waals surface area contributed by atoms with Crippen molar-refractivity contribution in [2.45, 2.75) is 39.3 Å². The van der Waals surface area contributed by atoms with Crippen LogP contribution in [0.1, 0.15) is 29.5 Å². The first-order valence-corrected chi connectivity index (χ1v) is 7.39. The van der Waals surface area contributed by atoms with E-state index in [2.05, 4.69) is 5.32 Å². The van der Waals surface area contributed by atoms with Crippen molar-refractivity contribution in [2.75, 3.05) is 0 Å². The summed E-state index contributed by atoms with van der Waals surface area (Å²) in [6.45, 7) is 4.65. The molecule has 1 N–H and O–H groups in total. The summed E-state index contributed by atoms with van der Waals surface area (Å²) in [5.41, 5.74) is 2.97. The number of hydrogen-bond donors (Lipinski definition) is 1. The molecule has 2 aromatic carbocycles. The topological polar surface area (TPSA) is 21.3 Å². The summed E-state index contributed by atoms with van der Waals surface area (Å²) in [5.74, 6) is 0.704. The molecule has 1 fully saturated rings. The molecule has 3 rings (SSSR count). The normalized spacial score (nSPS) is 14.2. The van der Waals surface area contributed by atoms with E-state index in [0.717, 1.165) is 22.4 Å². The minimum Gasteiger partial charge on any atom is -0.454 e. The van der Waals surface area contributed by atoms with Crippen LogP contribution in [-0.2, 0) is 6.54 Å². The van der Waals surface area contributed by atoms with Gasteiger partial charge in [0, 0.05) is 12.6 Å². The van der Waals surface area contributed by atoms with Gasteiger partial charge in [-0.1, -0.05) is 24.3 Å². The van der Waals surface area contributed by atoms with Crippen molar-refractivity contribution in [3.63, 3.8) is 0 Å². The number of rotatable bonds is 5.